The van der Waals surface area contributed by atoms with Gasteiger partial charge in [0.05, 0.1) is 6.07 Å². The van der Waals surface area contributed by atoms with Crippen molar-refractivity contribution in [3.05, 3.63) is 35.4 Å². The Hall–Kier alpha value is -0.960. The minimum absolute atomic E-state index is 0.353. The van der Waals surface area contributed by atoms with Crippen LogP contribution in [-0.2, 0) is 0 Å². The van der Waals surface area contributed by atoms with Gasteiger partial charge in [-0.2, -0.15) is 0 Å². The van der Waals surface area contributed by atoms with Crippen molar-refractivity contribution in [3.63, 3.8) is 0 Å². The maximum atomic E-state index is 12.4. The summed E-state index contributed by atoms with van der Waals surface area (Å²) in [6, 6.07) is 3.87. The summed E-state index contributed by atoms with van der Waals surface area (Å²) in [5.74, 6) is -1.42. The van der Waals surface area contributed by atoms with Crippen molar-refractivity contribution in [3.8, 4) is 0 Å². The van der Waals surface area contributed by atoms with Gasteiger partial charge in [0.1, 0.15) is 11.6 Å². The third kappa shape index (κ3) is 1.98. The molecule has 0 aliphatic carbocycles. The topological polar surface area (TPSA) is 26.0 Å². The fourth-order valence-corrected chi connectivity index (χ4v) is 0.783. The SMILES string of the molecule is CC(N)c1cc(F)[c]c(F)c1. The van der Waals surface area contributed by atoms with Crippen molar-refractivity contribution in [2.24, 2.45) is 5.73 Å². The van der Waals surface area contributed by atoms with Gasteiger partial charge < -0.3 is 5.73 Å². The molecule has 0 spiro atoms. The Morgan fingerprint density at radius 2 is 1.82 bits per heavy atom. The van der Waals surface area contributed by atoms with Crippen molar-refractivity contribution in [1.82, 2.24) is 0 Å². The first-order chi connectivity index (χ1) is 5.09. The summed E-state index contributed by atoms with van der Waals surface area (Å²) in [5.41, 5.74) is 5.85. The Morgan fingerprint density at radius 1 is 1.36 bits per heavy atom. The molecule has 0 aliphatic heterocycles. The fourth-order valence-electron chi connectivity index (χ4n) is 0.783. The molecule has 0 heterocycles. The molecule has 1 atom stereocenters. The van der Waals surface area contributed by atoms with E-state index >= 15 is 0 Å². The highest BCUT2D eigenvalue weighted by molar-refractivity contribution is 5.19. The van der Waals surface area contributed by atoms with E-state index in [-0.39, 0.29) is 6.04 Å². The average molecular weight is 156 g/mol. The van der Waals surface area contributed by atoms with E-state index in [1.54, 1.807) is 6.92 Å². The summed E-state index contributed by atoms with van der Waals surface area (Å²) in [5, 5.41) is 0. The summed E-state index contributed by atoms with van der Waals surface area (Å²) in [7, 11) is 0. The van der Waals surface area contributed by atoms with Crippen LogP contribution in [0.1, 0.15) is 18.5 Å². The van der Waals surface area contributed by atoms with Gasteiger partial charge in [-0.3, -0.25) is 0 Å². The molecule has 0 saturated heterocycles. The molecule has 0 bridgehead atoms. The van der Waals surface area contributed by atoms with E-state index in [2.05, 4.69) is 0 Å². The van der Waals surface area contributed by atoms with Gasteiger partial charge in [-0.05, 0) is 24.6 Å². The van der Waals surface area contributed by atoms with Crippen LogP contribution >= 0.6 is 0 Å². The van der Waals surface area contributed by atoms with E-state index < -0.39 is 11.6 Å². The zero-order valence-electron chi connectivity index (χ0n) is 6.07. The van der Waals surface area contributed by atoms with Gasteiger partial charge in [-0.25, -0.2) is 8.78 Å². The van der Waals surface area contributed by atoms with Crippen LogP contribution in [0.4, 0.5) is 8.78 Å². The fraction of sp³-hybridized carbons (Fsp3) is 0.250. The molecule has 1 radical (unpaired) electrons. The standard InChI is InChI=1S/C8H8F2N/c1-5(11)6-2-7(9)4-8(10)3-6/h2-3,5H,11H2,1H3. The second-order valence-corrected chi connectivity index (χ2v) is 2.40. The smallest absolute Gasteiger partial charge is 0.134 e. The minimum Gasteiger partial charge on any atom is -0.324 e. The molecule has 11 heavy (non-hydrogen) atoms. The van der Waals surface area contributed by atoms with Crippen molar-refractivity contribution in [2.45, 2.75) is 13.0 Å². The van der Waals surface area contributed by atoms with Crippen LogP contribution in [-0.4, -0.2) is 0 Å². The Kier molecular flexibility index (Phi) is 2.19. The number of benzene rings is 1. The monoisotopic (exact) mass is 156 g/mol. The minimum atomic E-state index is -0.711. The Bertz CT molecular complexity index is 238. The lowest BCUT2D eigenvalue weighted by Crippen LogP contribution is -2.05. The van der Waals surface area contributed by atoms with Crippen molar-refractivity contribution in [2.75, 3.05) is 0 Å². The second kappa shape index (κ2) is 2.96. The van der Waals surface area contributed by atoms with Crippen molar-refractivity contribution in [1.29, 1.82) is 0 Å². The van der Waals surface area contributed by atoms with Gasteiger partial charge in [0.25, 0.3) is 0 Å². The van der Waals surface area contributed by atoms with E-state index in [1.165, 1.54) is 12.1 Å². The molecule has 0 aliphatic rings. The highest BCUT2D eigenvalue weighted by atomic mass is 19.1. The van der Waals surface area contributed by atoms with Crippen LogP contribution in [0.3, 0.4) is 0 Å². The molecule has 3 heteroatoms. The van der Waals surface area contributed by atoms with Gasteiger partial charge >= 0.3 is 0 Å². The molecule has 0 fully saturated rings. The number of halogens is 2. The second-order valence-electron chi connectivity index (χ2n) is 2.40. The van der Waals surface area contributed by atoms with Crippen LogP contribution < -0.4 is 5.73 Å². The van der Waals surface area contributed by atoms with E-state index in [4.69, 9.17) is 5.73 Å². The van der Waals surface area contributed by atoms with Crippen LogP contribution in [0.25, 0.3) is 0 Å². The van der Waals surface area contributed by atoms with Crippen molar-refractivity contribution < 1.29 is 8.78 Å². The largest absolute Gasteiger partial charge is 0.324 e. The first kappa shape index (κ1) is 8.14. The quantitative estimate of drug-likeness (QED) is 0.659. The predicted octanol–water partition coefficient (Wildman–Crippen LogP) is 1.78. The molecular weight excluding hydrogens is 148 g/mol. The lowest BCUT2D eigenvalue weighted by molar-refractivity contribution is 0.572. The van der Waals surface area contributed by atoms with E-state index in [0.29, 0.717) is 5.56 Å². The summed E-state index contributed by atoms with van der Waals surface area (Å²) in [6.45, 7) is 1.66. The molecular formula is C8H8F2N. The van der Waals surface area contributed by atoms with Crippen molar-refractivity contribution >= 4 is 0 Å². The zero-order chi connectivity index (χ0) is 8.43. The van der Waals surface area contributed by atoms with E-state index in [0.717, 1.165) is 0 Å². The molecule has 1 nitrogen and oxygen atoms in total. The number of hydrogen-bond donors (Lipinski definition) is 1. The lowest BCUT2D eigenvalue weighted by atomic mass is 10.1. The maximum absolute atomic E-state index is 12.4. The van der Waals surface area contributed by atoms with Gasteiger partial charge in [-0.15, -0.1) is 0 Å². The third-order valence-electron chi connectivity index (χ3n) is 1.35. The van der Waals surface area contributed by atoms with Gasteiger partial charge in [0.15, 0.2) is 0 Å². The molecule has 1 unspecified atom stereocenters. The summed E-state index contributed by atoms with van der Waals surface area (Å²) in [4.78, 5) is 0. The van der Waals surface area contributed by atoms with E-state index in [1.807, 2.05) is 6.07 Å². The molecule has 1 aromatic carbocycles. The van der Waals surface area contributed by atoms with Crippen LogP contribution in [0.5, 0.6) is 0 Å². The Labute approximate surface area is 63.8 Å². The Morgan fingerprint density at radius 3 is 2.18 bits per heavy atom. The molecule has 2 N–H and O–H groups in total. The van der Waals surface area contributed by atoms with Gasteiger partial charge in [0, 0.05) is 6.04 Å². The highest BCUT2D eigenvalue weighted by Crippen LogP contribution is 2.12. The zero-order valence-corrected chi connectivity index (χ0v) is 6.07. The van der Waals surface area contributed by atoms with Gasteiger partial charge in [0.2, 0.25) is 0 Å². The number of hydrogen-bond acceptors (Lipinski definition) is 1. The third-order valence-corrected chi connectivity index (χ3v) is 1.35. The first-order valence-electron chi connectivity index (χ1n) is 3.23. The summed E-state index contributed by atoms with van der Waals surface area (Å²) >= 11 is 0. The normalized spacial score (nSPS) is 13.1. The summed E-state index contributed by atoms with van der Waals surface area (Å²) < 4.78 is 24.9. The molecule has 1 rings (SSSR count). The van der Waals surface area contributed by atoms with Crippen LogP contribution in [0.2, 0.25) is 0 Å². The number of rotatable bonds is 1. The average Bonchev–Trinajstić information content (AvgIpc) is 1.85. The lowest BCUT2D eigenvalue weighted by Gasteiger charge is -2.04. The predicted molar refractivity (Wildman–Crippen MR) is 37.8 cm³/mol. The van der Waals surface area contributed by atoms with E-state index in [9.17, 15) is 8.78 Å². The maximum Gasteiger partial charge on any atom is 0.134 e. The molecule has 0 saturated carbocycles. The molecule has 0 amide bonds. The highest BCUT2D eigenvalue weighted by Gasteiger charge is 2.03. The summed E-state index contributed by atoms with van der Waals surface area (Å²) in [6.07, 6.45) is 0. The molecule has 1 aromatic rings. The van der Waals surface area contributed by atoms with Crippen LogP contribution in [0.15, 0.2) is 12.1 Å². The molecule has 0 aromatic heterocycles. The van der Waals surface area contributed by atoms with Crippen LogP contribution in [0, 0.1) is 17.7 Å². The first-order valence-corrected chi connectivity index (χ1v) is 3.23. The molecule has 59 valence electrons. The number of nitrogens with two attached hydrogens (primary N) is 1. The van der Waals surface area contributed by atoms with Gasteiger partial charge in [-0.1, -0.05) is 0 Å². The Balaban J connectivity index is 3.08.